The molecule has 72 valence electrons. The lowest BCUT2D eigenvalue weighted by Gasteiger charge is -2.15. The Morgan fingerprint density at radius 3 is 2.75 bits per heavy atom. The fraction of sp³-hybridized carbons (Fsp3) is 1.00. The highest BCUT2D eigenvalue weighted by atomic mass is 32.2. The Morgan fingerprint density at radius 2 is 2.33 bits per heavy atom. The van der Waals surface area contributed by atoms with Crippen LogP contribution in [0.2, 0.25) is 0 Å². The van der Waals surface area contributed by atoms with E-state index < -0.39 is 9.73 Å². The lowest BCUT2D eigenvalue weighted by atomic mass is 10.3. The number of hydrogen-bond donors (Lipinski definition) is 2. The Balaban J connectivity index is 2.49. The smallest absolute Gasteiger partial charge is 0.0480 e. The number of nitrogens with one attached hydrogen (secondary N) is 2. The zero-order valence-corrected chi connectivity index (χ0v) is 8.62. The van der Waals surface area contributed by atoms with Crippen molar-refractivity contribution in [1.82, 2.24) is 5.32 Å². The summed E-state index contributed by atoms with van der Waals surface area (Å²) in [6, 6.07) is 0.331. The van der Waals surface area contributed by atoms with E-state index in [1.807, 2.05) is 13.8 Å². The molecule has 2 unspecified atom stereocenters. The van der Waals surface area contributed by atoms with Gasteiger partial charge in [0.1, 0.15) is 0 Å². The van der Waals surface area contributed by atoms with Crippen LogP contribution in [-0.4, -0.2) is 27.8 Å². The SMILES string of the molecule is CC(C)S(=N)(=O)CC1CCCN1. The minimum atomic E-state index is -2.34. The molecule has 12 heavy (non-hydrogen) atoms. The van der Waals surface area contributed by atoms with E-state index in [-0.39, 0.29) is 5.25 Å². The van der Waals surface area contributed by atoms with Gasteiger partial charge in [-0.15, -0.1) is 0 Å². The van der Waals surface area contributed by atoms with Crippen LogP contribution >= 0.6 is 0 Å². The molecule has 3 nitrogen and oxygen atoms in total. The minimum Gasteiger partial charge on any atom is -0.313 e. The zero-order chi connectivity index (χ0) is 9.19. The average molecular weight is 190 g/mol. The van der Waals surface area contributed by atoms with Gasteiger partial charge in [0.15, 0.2) is 0 Å². The van der Waals surface area contributed by atoms with Crippen molar-refractivity contribution >= 4 is 9.73 Å². The molecule has 1 aliphatic heterocycles. The van der Waals surface area contributed by atoms with Gasteiger partial charge < -0.3 is 5.32 Å². The lowest BCUT2D eigenvalue weighted by molar-refractivity contribution is 0.631. The van der Waals surface area contributed by atoms with Gasteiger partial charge in [0.05, 0.1) is 0 Å². The second-order valence-electron chi connectivity index (χ2n) is 3.73. The summed E-state index contributed by atoms with van der Waals surface area (Å²) in [6.45, 7) is 4.76. The first-order chi connectivity index (χ1) is 5.52. The molecule has 2 atom stereocenters. The Bertz CT molecular complexity index is 227. The maximum atomic E-state index is 11.7. The van der Waals surface area contributed by atoms with E-state index in [1.54, 1.807) is 0 Å². The van der Waals surface area contributed by atoms with Crippen LogP contribution in [-0.2, 0) is 9.73 Å². The fourth-order valence-electron chi connectivity index (χ4n) is 1.39. The molecule has 0 aliphatic carbocycles. The van der Waals surface area contributed by atoms with Gasteiger partial charge in [-0.1, -0.05) is 13.8 Å². The van der Waals surface area contributed by atoms with E-state index in [4.69, 9.17) is 4.78 Å². The summed E-state index contributed by atoms with van der Waals surface area (Å²) in [5.74, 6) is 0.532. The van der Waals surface area contributed by atoms with Crippen molar-refractivity contribution in [2.24, 2.45) is 0 Å². The largest absolute Gasteiger partial charge is 0.313 e. The molecule has 0 aromatic heterocycles. The Kier molecular flexibility index (Phi) is 3.12. The van der Waals surface area contributed by atoms with Crippen molar-refractivity contribution in [3.8, 4) is 0 Å². The van der Waals surface area contributed by atoms with Gasteiger partial charge in [0, 0.05) is 26.8 Å². The second-order valence-corrected chi connectivity index (χ2v) is 6.46. The van der Waals surface area contributed by atoms with Crippen molar-refractivity contribution in [2.45, 2.75) is 38.0 Å². The first-order valence-corrected chi connectivity index (χ1v) is 6.30. The molecule has 1 rings (SSSR count). The summed E-state index contributed by atoms with van der Waals surface area (Å²) in [4.78, 5) is 0. The lowest BCUT2D eigenvalue weighted by Crippen LogP contribution is -2.32. The van der Waals surface area contributed by atoms with Crippen LogP contribution in [0.3, 0.4) is 0 Å². The van der Waals surface area contributed by atoms with Crippen LogP contribution in [0, 0.1) is 4.78 Å². The molecule has 0 amide bonds. The normalized spacial score (nSPS) is 29.1. The van der Waals surface area contributed by atoms with E-state index in [0.29, 0.717) is 11.8 Å². The third kappa shape index (κ3) is 2.45. The third-order valence-electron chi connectivity index (χ3n) is 2.37. The summed E-state index contributed by atoms with van der Waals surface area (Å²) in [7, 11) is -2.34. The summed E-state index contributed by atoms with van der Waals surface area (Å²) >= 11 is 0. The predicted octanol–water partition coefficient (Wildman–Crippen LogP) is 1.19. The van der Waals surface area contributed by atoms with E-state index >= 15 is 0 Å². The Morgan fingerprint density at radius 1 is 1.67 bits per heavy atom. The minimum absolute atomic E-state index is 0.0140. The highest BCUT2D eigenvalue weighted by molar-refractivity contribution is 7.93. The summed E-state index contributed by atoms with van der Waals surface area (Å²) in [6.07, 6.45) is 2.25. The van der Waals surface area contributed by atoms with Gasteiger partial charge in [0.25, 0.3) is 0 Å². The quantitative estimate of drug-likeness (QED) is 0.702. The van der Waals surface area contributed by atoms with Crippen LogP contribution in [0.15, 0.2) is 0 Å². The summed E-state index contributed by atoms with van der Waals surface area (Å²) in [5, 5.41) is 3.25. The van der Waals surface area contributed by atoms with Crippen LogP contribution in [0.25, 0.3) is 0 Å². The van der Waals surface area contributed by atoms with Gasteiger partial charge >= 0.3 is 0 Å². The topological polar surface area (TPSA) is 53.0 Å². The van der Waals surface area contributed by atoms with E-state index in [0.717, 1.165) is 19.4 Å². The van der Waals surface area contributed by atoms with Gasteiger partial charge in [-0.05, 0) is 19.4 Å². The van der Waals surface area contributed by atoms with Gasteiger partial charge in [-0.3, -0.25) is 4.78 Å². The van der Waals surface area contributed by atoms with Crippen LogP contribution in [0.4, 0.5) is 0 Å². The molecule has 0 aromatic carbocycles. The monoisotopic (exact) mass is 190 g/mol. The maximum absolute atomic E-state index is 11.7. The Labute approximate surface area is 74.9 Å². The molecular formula is C8H18N2OS. The van der Waals surface area contributed by atoms with E-state index in [9.17, 15) is 4.21 Å². The summed E-state index contributed by atoms with van der Waals surface area (Å²) in [5.41, 5.74) is 0. The molecule has 0 radical (unpaired) electrons. The fourth-order valence-corrected chi connectivity index (χ4v) is 2.66. The van der Waals surface area contributed by atoms with Crippen LogP contribution in [0.1, 0.15) is 26.7 Å². The van der Waals surface area contributed by atoms with Crippen LogP contribution < -0.4 is 5.32 Å². The molecule has 2 N–H and O–H groups in total. The van der Waals surface area contributed by atoms with E-state index in [2.05, 4.69) is 5.32 Å². The molecule has 4 heteroatoms. The molecule has 0 spiro atoms. The molecule has 1 heterocycles. The maximum Gasteiger partial charge on any atom is 0.0480 e. The highest BCUT2D eigenvalue weighted by Gasteiger charge is 2.21. The Hall–Kier alpha value is -0.0900. The number of hydrogen-bond acceptors (Lipinski definition) is 3. The van der Waals surface area contributed by atoms with Crippen molar-refractivity contribution in [1.29, 1.82) is 4.78 Å². The van der Waals surface area contributed by atoms with Crippen molar-refractivity contribution in [3.05, 3.63) is 0 Å². The first-order valence-electron chi connectivity index (χ1n) is 4.51. The van der Waals surface area contributed by atoms with Crippen molar-refractivity contribution in [2.75, 3.05) is 12.3 Å². The molecule has 1 saturated heterocycles. The zero-order valence-electron chi connectivity index (χ0n) is 7.80. The highest BCUT2D eigenvalue weighted by Crippen LogP contribution is 2.11. The molecule has 1 aliphatic rings. The summed E-state index contributed by atoms with van der Waals surface area (Å²) < 4.78 is 19.3. The third-order valence-corrected chi connectivity index (χ3v) is 4.79. The molecule has 0 bridgehead atoms. The molecule has 1 fully saturated rings. The average Bonchev–Trinajstić information content (AvgIpc) is 2.38. The molecule has 0 aromatic rings. The molecular weight excluding hydrogens is 172 g/mol. The van der Waals surface area contributed by atoms with E-state index in [1.165, 1.54) is 0 Å². The predicted molar refractivity (Wildman–Crippen MR) is 51.9 cm³/mol. The molecule has 0 saturated carbocycles. The first kappa shape index (κ1) is 9.99. The van der Waals surface area contributed by atoms with Gasteiger partial charge in [-0.25, -0.2) is 4.21 Å². The number of rotatable bonds is 3. The van der Waals surface area contributed by atoms with Gasteiger partial charge in [-0.2, -0.15) is 0 Å². The standard InChI is InChI=1S/C8H18N2OS/c1-7(2)12(9,11)6-8-4-3-5-10-8/h7-10H,3-6H2,1-2H3. The van der Waals surface area contributed by atoms with Crippen molar-refractivity contribution in [3.63, 3.8) is 0 Å². The van der Waals surface area contributed by atoms with Crippen LogP contribution in [0.5, 0.6) is 0 Å². The van der Waals surface area contributed by atoms with Gasteiger partial charge in [0.2, 0.25) is 0 Å². The van der Waals surface area contributed by atoms with Crippen molar-refractivity contribution < 1.29 is 4.21 Å². The second kappa shape index (κ2) is 3.75.